The minimum absolute atomic E-state index is 0.227. The molecule has 5 heteroatoms. The number of benzene rings is 2. The van der Waals surface area contributed by atoms with Crippen molar-refractivity contribution in [3.05, 3.63) is 77.2 Å². The highest BCUT2D eigenvalue weighted by atomic mass is 16.5. The smallest absolute Gasteiger partial charge is 0.125 e. The van der Waals surface area contributed by atoms with E-state index in [1.807, 2.05) is 30.6 Å². The SMILES string of the molecule is N#Cc1ccc(-c2ncn3c2C(c2ccc(C#N)cc2)OCC3)cc1. The van der Waals surface area contributed by atoms with Crippen LogP contribution in [0.3, 0.4) is 0 Å². The van der Waals surface area contributed by atoms with Gasteiger partial charge in [-0.25, -0.2) is 4.98 Å². The molecule has 0 fully saturated rings. The number of imidazole rings is 1. The van der Waals surface area contributed by atoms with E-state index in [0.717, 1.165) is 29.1 Å². The van der Waals surface area contributed by atoms with Gasteiger partial charge < -0.3 is 9.30 Å². The second-order valence-electron chi connectivity index (χ2n) is 5.85. The Morgan fingerprint density at radius 2 is 1.60 bits per heavy atom. The van der Waals surface area contributed by atoms with Crippen molar-refractivity contribution in [1.29, 1.82) is 10.5 Å². The molecule has 3 aromatic rings. The summed E-state index contributed by atoms with van der Waals surface area (Å²) in [6.45, 7) is 1.37. The Balaban J connectivity index is 1.78. The van der Waals surface area contributed by atoms with E-state index < -0.39 is 0 Å². The minimum atomic E-state index is -0.227. The molecular formula is C20H14N4O. The van der Waals surface area contributed by atoms with Crippen molar-refractivity contribution in [2.24, 2.45) is 0 Å². The topological polar surface area (TPSA) is 74.6 Å². The van der Waals surface area contributed by atoms with Crippen LogP contribution < -0.4 is 0 Å². The molecule has 1 aliphatic heterocycles. The maximum Gasteiger partial charge on any atom is 0.125 e. The lowest BCUT2D eigenvalue weighted by atomic mass is 9.99. The van der Waals surface area contributed by atoms with Crippen LogP contribution in [0.1, 0.15) is 28.5 Å². The van der Waals surface area contributed by atoms with Crippen LogP contribution in [-0.2, 0) is 11.3 Å². The van der Waals surface area contributed by atoms with Crippen LogP contribution in [-0.4, -0.2) is 16.2 Å². The molecule has 4 rings (SSSR count). The zero-order chi connectivity index (χ0) is 17.2. The number of hydrogen-bond acceptors (Lipinski definition) is 4. The molecule has 0 aliphatic carbocycles. The van der Waals surface area contributed by atoms with E-state index >= 15 is 0 Å². The van der Waals surface area contributed by atoms with E-state index in [0.29, 0.717) is 17.7 Å². The van der Waals surface area contributed by atoms with Crippen molar-refractivity contribution in [3.8, 4) is 23.4 Å². The summed E-state index contributed by atoms with van der Waals surface area (Å²) in [5, 5.41) is 18.0. The molecule has 2 heterocycles. The van der Waals surface area contributed by atoms with Crippen molar-refractivity contribution >= 4 is 0 Å². The first-order valence-electron chi connectivity index (χ1n) is 7.97. The van der Waals surface area contributed by atoms with Gasteiger partial charge in [-0.15, -0.1) is 0 Å². The molecule has 1 unspecified atom stereocenters. The van der Waals surface area contributed by atoms with Crippen molar-refractivity contribution in [2.45, 2.75) is 12.6 Å². The molecule has 5 nitrogen and oxygen atoms in total. The largest absolute Gasteiger partial charge is 0.365 e. The van der Waals surface area contributed by atoms with Gasteiger partial charge in [0.25, 0.3) is 0 Å². The fourth-order valence-corrected chi connectivity index (χ4v) is 3.10. The Morgan fingerprint density at radius 3 is 2.24 bits per heavy atom. The van der Waals surface area contributed by atoms with E-state index in [-0.39, 0.29) is 6.10 Å². The van der Waals surface area contributed by atoms with Gasteiger partial charge in [0.1, 0.15) is 6.10 Å². The van der Waals surface area contributed by atoms with Crippen LogP contribution in [0.2, 0.25) is 0 Å². The summed E-state index contributed by atoms with van der Waals surface area (Å²) in [4.78, 5) is 4.58. The van der Waals surface area contributed by atoms with Crippen LogP contribution >= 0.6 is 0 Å². The minimum Gasteiger partial charge on any atom is -0.365 e. The molecule has 0 radical (unpaired) electrons. The van der Waals surface area contributed by atoms with Gasteiger partial charge in [-0.1, -0.05) is 24.3 Å². The fraction of sp³-hybridized carbons (Fsp3) is 0.150. The summed E-state index contributed by atoms with van der Waals surface area (Å²) in [6.07, 6.45) is 1.61. The Bertz CT molecular complexity index is 988. The summed E-state index contributed by atoms with van der Waals surface area (Å²) < 4.78 is 8.14. The number of aromatic nitrogens is 2. The quantitative estimate of drug-likeness (QED) is 0.723. The van der Waals surface area contributed by atoms with Gasteiger partial charge in [-0.3, -0.25) is 0 Å². The predicted octanol–water partition coefficient (Wildman–Crippen LogP) is 3.41. The van der Waals surface area contributed by atoms with Crippen LogP contribution in [0, 0.1) is 22.7 Å². The molecule has 0 bridgehead atoms. The zero-order valence-corrected chi connectivity index (χ0v) is 13.4. The molecule has 0 amide bonds. The zero-order valence-electron chi connectivity index (χ0n) is 13.4. The number of rotatable bonds is 2. The van der Waals surface area contributed by atoms with Crippen molar-refractivity contribution < 1.29 is 4.74 Å². The van der Waals surface area contributed by atoms with Gasteiger partial charge in [-0.2, -0.15) is 10.5 Å². The average Bonchev–Trinajstić information content (AvgIpc) is 3.12. The van der Waals surface area contributed by atoms with Gasteiger partial charge in [0, 0.05) is 12.1 Å². The molecule has 120 valence electrons. The first kappa shape index (κ1) is 15.1. The van der Waals surface area contributed by atoms with E-state index in [1.165, 1.54) is 0 Å². The van der Waals surface area contributed by atoms with Crippen LogP contribution in [0.5, 0.6) is 0 Å². The molecule has 0 saturated heterocycles. The van der Waals surface area contributed by atoms with Crippen LogP contribution in [0.4, 0.5) is 0 Å². The normalized spacial score (nSPS) is 15.8. The van der Waals surface area contributed by atoms with Gasteiger partial charge in [0.15, 0.2) is 0 Å². The summed E-state index contributed by atoms with van der Waals surface area (Å²) >= 11 is 0. The predicted molar refractivity (Wildman–Crippen MR) is 91.3 cm³/mol. The maximum atomic E-state index is 8.98. The lowest BCUT2D eigenvalue weighted by Crippen LogP contribution is -2.22. The highest BCUT2D eigenvalue weighted by Gasteiger charge is 2.27. The van der Waals surface area contributed by atoms with Crippen molar-refractivity contribution in [2.75, 3.05) is 6.61 Å². The number of hydrogen-bond donors (Lipinski definition) is 0. The Morgan fingerprint density at radius 1 is 0.960 bits per heavy atom. The molecule has 2 aromatic carbocycles. The van der Waals surface area contributed by atoms with E-state index in [9.17, 15) is 0 Å². The molecule has 1 aromatic heterocycles. The average molecular weight is 326 g/mol. The monoisotopic (exact) mass is 326 g/mol. The number of ether oxygens (including phenoxy) is 1. The number of fused-ring (bicyclic) bond motifs is 1. The van der Waals surface area contributed by atoms with Gasteiger partial charge in [-0.05, 0) is 29.8 Å². The van der Waals surface area contributed by atoms with Gasteiger partial charge in [0.2, 0.25) is 0 Å². The van der Waals surface area contributed by atoms with Crippen LogP contribution in [0.15, 0.2) is 54.9 Å². The number of nitrogens with zero attached hydrogens (tertiary/aromatic N) is 4. The molecule has 1 aliphatic rings. The summed E-state index contributed by atoms with van der Waals surface area (Å²) in [6, 6.07) is 19.1. The molecule has 0 spiro atoms. The molecule has 1 atom stereocenters. The first-order chi connectivity index (χ1) is 12.3. The second-order valence-corrected chi connectivity index (χ2v) is 5.85. The summed E-state index contributed by atoms with van der Waals surface area (Å²) in [7, 11) is 0. The number of nitriles is 2. The second kappa shape index (κ2) is 6.24. The van der Waals surface area contributed by atoms with Crippen molar-refractivity contribution in [1.82, 2.24) is 9.55 Å². The maximum absolute atomic E-state index is 8.98. The van der Waals surface area contributed by atoms with E-state index in [1.54, 1.807) is 24.3 Å². The third-order valence-corrected chi connectivity index (χ3v) is 4.37. The Labute approximate surface area is 145 Å². The highest BCUT2D eigenvalue weighted by molar-refractivity contribution is 5.64. The fourth-order valence-electron chi connectivity index (χ4n) is 3.10. The van der Waals surface area contributed by atoms with Crippen molar-refractivity contribution in [3.63, 3.8) is 0 Å². The highest BCUT2D eigenvalue weighted by Crippen LogP contribution is 2.36. The molecular weight excluding hydrogens is 312 g/mol. The standard InChI is InChI=1S/C20H14N4O/c21-11-14-1-5-16(6-2-14)18-19-20(25-10-9-24(19)13-23-18)17-7-3-15(12-22)4-8-17/h1-8,13,20H,9-10H2. The Kier molecular flexibility index (Phi) is 3.78. The van der Waals surface area contributed by atoms with Gasteiger partial charge >= 0.3 is 0 Å². The lowest BCUT2D eigenvalue weighted by molar-refractivity contribution is 0.0469. The summed E-state index contributed by atoms with van der Waals surface area (Å²) in [5.41, 5.74) is 5.06. The third kappa shape index (κ3) is 2.67. The molecule has 0 N–H and O–H groups in total. The first-order valence-corrected chi connectivity index (χ1v) is 7.97. The Hall–Kier alpha value is -3.41. The lowest BCUT2D eigenvalue weighted by Gasteiger charge is -2.26. The van der Waals surface area contributed by atoms with Crippen LogP contribution in [0.25, 0.3) is 11.3 Å². The van der Waals surface area contributed by atoms with Gasteiger partial charge in [0.05, 0.1) is 47.6 Å². The third-order valence-electron chi connectivity index (χ3n) is 4.37. The summed E-state index contributed by atoms with van der Waals surface area (Å²) in [5.74, 6) is 0. The molecule has 25 heavy (non-hydrogen) atoms. The molecule has 0 saturated carbocycles. The van der Waals surface area contributed by atoms with E-state index in [4.69, 9.17) is 15.3 Å². The van der Waals surface area contributed by atoms with E-state index in [2.05, 4.69) is 21.7 Å².